The van der Waals surface area contributed by atoms with E-state index in [1.165, 1.54) is 30.5 Å². The van der Waals surface area contributed by atoms with Crippen molar-refractivity contribution in [3.05, 3.63) is 29.8 Å². The zero-order valence-electron chi connectivity index (χ0n) is 13.3. The summed E-state index contributed by atoms with van der Waals surface area (Å²) >= 11 is 0. The van der Waals surface area contributed by atoms with Crippen molar-refractivity contribution in [1.29, 1.82) is 0 Å². The molecule has 1 aromatic carbocycles. The van der Waals surface area contributed by atoms with Crippen LogP contribution in [-0.4, -0.2) is 32.1 Å². The number of likely N-dealkylation sites (N-methyl/N-ethyl adjacent to an activating group) is 1. The fraction of sp³-hybridized carbons (Fsp3) is 0.588. The van der Waals surface area contributed by atoms with E-state index in [2.05, 4.69) is 53.3 Å². The smallest absolute Gasteiger partial charge is 0.188 e. The van der Waals surface area contributed by atoms with Crippen LogP contribution in [0.1, 0.15) is 31.7 Å². The van der Waals surface area contributed by atoms with Gasteiger partial charge in [0.2, 0.25) is 0 Å². The minimum atomic E-state index is 0.585. The molecule has 0 amide bonds. The van der Waals surface area contributed by atoms with Gasteiger partial charge in [0.05, 0.1) is 0 Å². The van der Waals surface area contributed by atoms with Gasteiger partial charge in [-0.15, -0.1) is 0 Å². The fourth-order valence-corrected chi connectivity index (χ4v) is 2.57. The Bertz CT molecular complexity index is 466. The maximum atomic E-state index is 5.91. The molecule has 1 aromatic rings. The highest BCUT2D eigenvalue weighted by atomic mass is 15.2. The van der Waals surface area contributed by atoms with Crippen molar-refractivity contribution in [2.45, 2.75) is 33.1 Å². The Hall–Kier alpha value is -1.71. The van der Waals surface area contributed by atoms with Gasteiger partial charge in [0.25, 0.3) is 0 Å². The lowest BCUT2D eigenvalue weighted by Gasteiger charge is -2.24. The van der Waals surface area contributed by atoms with Crippen molar-refractivity contribution in [2.24, 2.45) is 16.6 Å². The van der Waals surface area contributed by atoms with Crippen molar-refractivity contribution >= 4 is 11.6 Å². The molecule has 0 saturated heterocycles. The molecule has 0 atom stereocenters. The summed E-state index contributed by atoms with van der Waals surface area (Å²) in [7, 11) is 0. The van der Waals surface area contributed by atoms with Gasteiger partial charge in [-0.25, -0.2) is 0 Å². The summed E-state index contributed by atoms with van der Waals surface area (Å²) in [5.41, 5.74) is 8.47. The van der Waals surface area contributed by atoms with Gasteiger partial charge in [-0.1, -0.05) is 18.6 Å². The number of hydrogen-bond donors (Lipinski definition) is 2. The molecule has 0 radical (unpaired) electrons. The second-order valence-electron chi connectivity index (χ2n) is 5.87. The molecular weight excluding hydrogens is 260 g/mol. The minimum absolute atomic E-state index is 0.585. The molecule has 3 N–H and O–H groups in total. The van der Waals surface area contributed by atoms with Crippen molar-refractivity contribution < 1.29 is 0 Å². The van der Waals surface area contributed by atoms with Crippen molar-refractivity contribution in [1.82, 2.24) is 5.32 Å². The number of nitrogens with zero attached hydrogens (tertiary/aromatic N) is 2. The number of benzene rings is 1. The van der Waals surface area contributed by atoms with Crippen LogP contribution in [0.3, 0.4) is 0 Å². The van der Waals surface area contributed by atoms with Gasteiger partial charge in [0.1, 0.15) is 0 Å². The summed E-state index contributed by atoms with van der Waals surface area (Å²) in [6, 6.07) is 8.61. The summed E-state index contributed by atoms with van der Waals surface area (Å²) in [5.74, 6) is 1.35. The molecule has 116 valence electrons. The lowest BCUT2D eigenvalue weighted by molar-refractivity contribution is 0.326. The molecular formula is C17H28N4. The average Bonchev–Trinajstić information content (AvgIpc) is 2.42. The Labute approximate surface area is 128 Å². The minimum Gasteiger partial charge on any atom is -0.370 e. The number of aliphatic imine (C=N–C) groups is 1. The Kier molecular flexibility index (Phi) is 5.90. The summed E-state index contributed by atoms with van der Waals surface area (Å²) < 4.78 is 0. The van der Waals surface area contributed by atoms with Gasteiger partial charge in [0.15, 0.2) is 5.96 Å². The summed E-state index contributed by atoms with van der Waals surface area (Å²) in [4.78, 5) is 6.77. The number of hydrogen-bond acceptors (Lipinski definition) is 2. The predicted molar refractivity (Wildman–Crippen MR) is 90.9 cm³/mol. The first-order chi connectivity index (χ1) is 10.2. The predicted octanol–water partition coefficient (Wildman–Crippen LogP) is 2.53. The number of rotatable bonds is 7. The molecule has 4 nitrogen and oxygen atoms in total. The molecule has 0 heterocycles. The van der Waals surface area contributed by atoms with E-state index < -0.39 is 0 Å². The molecule has 1 fully saturated rings. The third-order valence-electron chi connectivity index (χ3n) is 4.18. The van der Waals surface area contributed by atoms with E-state index >= 15 is 0 Å². The number of guanidine groups is 1. The van der Waals surface area contributed by atoms with E-state index in [0.717, 1.165) is 32.1 Å². The third-order valence-corrected chi connectivity index (χ3v) is 4.18. The number of aryl methyl sites for hydroxylation is 1. The average molecular weight is 288 g/mol. The third kappa shape index (κ3) is 4.96. The van der Waals surface area contributed by atoms with Crippen LogP contribution < -0.4 is 16.0 Å². The lowest BCUT2D eigenvalue weighted by Crippen LogP contribution is -2.39. The van der Waals surface area contributed by atoms with Crippen LogP contribution >= 0.6 is 0 Å². The van der Waals surface area contributed by atoms with Gasteiger partial charge in [0, 0.05) is 31.9 Å². The molecule has 4 heteroatoms. The number of anilines is 1. The van der Waals surface area contributed by atoms with Crippen LogP contribution in [0.2, 0.25) is 0 Å². The Morgan fingerprint density at radius 2 is 2.24 bits per heavy atom. The van der Waals surface area contributed by atoms with Crippen LogP contribution in [0, 0.1) is 12.8 Å². The second-order valence-corrected chi connectivity index (χ2v) is 5.87. The summed E-state index contributed by atoms with van der Waals surface area (Å²) in [5, 5.41) is 3.22. The van der Waals surface area contributed by atoms with E-state index in [9.17, 15) is 0 Å². The molecule has 0 bridgehead atoms. The van der Waals surface area contributed by atoms with Crippen molar-refractivity contribution in [3.8, 4) is 0 Å². The van der Waals surface area contributed by atoms with Crippen LogP contribution in [0.4, 0.5) is 5.69 Å². The Morgan fingerprint density at radius 3 is 2.86 bits per heavy atom. The van der Waals surface area contributed by atoms with E-state index in [1.807, 2.05) is 0 Å². The molecule has 0 unspecified atom stereocenters. The summed E-state index contributed by atoms with van der Waals surface area (Å²) in [6.45, 7) is 7.93. The van der Waals surface area contributed by atoms with E-state index in [4.69, 9.17) is 5.73 Å². The second kappa shape index (κ2) is 7.91. The van der Waals surface area contributed by atoms with Gasteiger partial charge in [-0.05, 0) is 50.3 Å². The highest BCUT2D eigenvalue weighted by Gasteiger charge is 2.16. The maximum Gasteiger partial charge on any atom is 0.188 e. The normalized spacial score (nSPS) is 15.6. The SMILES string of the molecule is CCN(CCNC(N)=NCC1CCC1)c1cccc(C)c1. The Morgan fingerprint density at radius 1 is 1.43 bits per heavy atom. The summed E-state index contributed by atoms with van der Waals surface area (Å²) in [6.07, 6.45) is 3.98. The van der Waals surface area contributed by atoms with Crippen molar-refractivity contribution in [3.63, 3.8) is 0 Å². The van der Waals surface area contributed by atoms with Crippen LogP contribution in [0.5, 0.6) is 0 Å². The molecule has 0 spiro atoms. The van der Waals surface area contributed by atoms with Gasteiger partial charge >= 0.3 is 0 Å². The van der Waals surface area contributed by atoms with Gasteiger partial charge < -0.3 is 16.0 Å². The first-order valence-electron chi connectivity index (χ1n) is 8.04. The number of nitrogens with one attached hydrogen (secondary N) is 1. The van der Waals surface area contributed by atoms with E-state index in [0.29, 0.717) is 5.96 Å². The number of nitrogens with two attached hydrogens (primary N) is 1. The van der Waals surface area contributed by atoms with Crippen LogP contribution in [0.25, 0.3) is 0 Å². The topological polar surface area (TPSA) is 53.6 Å². The molecule has 0 aromatic heterocycles. The van der Waals surface area contributed by atoms with Crippen LogP contribution in [0.15, 0.2) is 29.3 Å². The molecule has 1 aliphatic carbocycles. The maximum absolute atomic E-state index is 5.91. The monoisotopic (exact) mass is 288 g/mol. The van der Waals surface area contributed by atoms with E-state index in [-0.39, 0.29) is 0 Å². The zero-order valence-corrected chi connectivity index (χ0v) is 13.3. The quantitative estimate of drug-likeness (QED) is 0.599. The van der Waals surface area contributed by atoms with Crippen LogP contribution in [-0.2, 0) is 0 Å². The molecule has 0 aliphatic heterocycles. The molecule has 21 heavy (non-hydrogen) atoms. The largest absolute Gasteiger partial charge is 0.370 e. The molecule has 2 rings (SSSR count). The molecule has 1 aliphatic rings. The highest BCUT2D eigenvalue weighted by Crippen LogP contribution is 2.26. The van der Waals surface area contributed by atoms with E-state index in [1.54, 1.807) is 0 Å². The highest BCUT2D eigenvalue weighted by molar-refractivity contribution is 5.77. The fourth-order valence-electron chi connectivity index (χ4n) is 2.57. The zero-order chi connectivity index (χ0) is 15.1. The first kappa shape index (κ1) is 15.7. The van der Waals surface area contributed by atoms with Gasteiger partial charge in [-0.3, -0.25) is 4.99 Å². The first-order valence-corrected chi connectivity index (χ1v) is 8.04. The Balaban J connectivity index is 1.75. The molecule has 1 saturated carbocycles. The van der Waals surface area contributed by atoms with Gasteiger partial charge in [-0.2, -0.15) is 0 Å². The standard InChI is InChI=1S/C17H28N4/c1-3-21(16-9-4-6-14(2)12-16)11-10-19-17(18)20-13-15-7-5-8-15/h4,6,9,12,15H,3,5,7-8,10-11,13H2,1-2H3,(H3,18,19,20). The lowest BCUT2D eigenvalue weighted by atomic mass is 9.86. The van der Waals surface area contributed by atoms with Crippen molar-refractivity contribution in [2.75, 3.05) is 31.1 Å².